The van der Waals surface area contributed by atoms with Crippen molar-refractivity contribution in [1.82, 2.24) is 0 Å². The molecule has 82 valence electrons. The molecule has 7 heteroatoms. The molecular formula is C8H6Cl2O4S. The first-order valence-electron chi connectivity index (χ1n) is 3.73. The molecule has 0 bridgehead atoms. The number of rotatable bonds is 3. The smallest absolute Gasteiger partial charge is 0.280 e. The number of hydrogen-bond donors (Lipinski definition) is 1. The van der Waals surface area contributed by atoms with E-state index in [1.54, 1.807) is 0 Å². The second-order valence-electron chi connectivity index (χ2n) is 2.75. The maximum atomic E-state index is 10.9. The molecule has 1 rings (SSSR count). The van der Waals surface area contributed by atoms with Gasteiger partial charge in [0.05, 0.1) is 0 Å². The molecule has 0 saturated heterocycles. The molecule has 0 radical (unpaired) electrons. The van der Waals surface area contributed by atoms with E-state index in [0.717, 1.165) is 0 Å². The summed E-state index contributed by atoms with van der Waals surface area (Å²) < 4.78 is 30.6. The van der Waals surface area contributed by atoms with Crippen LogP contribution in [-0.4, -0.2) is 18.2 Å². The third-order valence-corrected chi connectivity index (χ3v) is 3.32. The van der Waals surface area contributed by atoms with Crippen molar-refractivity contribution in [2.75, 3.05) is 0 Å². The molecule has 0 aliphatic rings. The van der Waals surface area contributed by atoms with Crippen molar-refractivity contribution in [2.45, 2.75) is 5.25 Å². The lowest BCUT2D eigenvalue weighted by atomic mass is 10.2. The van der Waals surface area contributed by atoms with Gasteiger partial charge in [0.1, 0.15) is 0 Å². The van der Waals surface area contributed by atoms with Crippen LogP contribution in [0.2, 0.25) is 5.02 Å². The van der Waals surface area contributed by atoms with Gasteiger partial charge >= 0.3 is 0 Å². The quantitative estimate of drug-likeness (QED) is 0.673. The van der Waals surface area contributed by atoms with Gasteiger partial charge in [-0.15, -0.1) is 0 Å². The summed E-state index contributed by atoms with van der Waals surface area (Å²) in [5, 5.41) is -2.73. The van der Waals surface area contributed by atoms with Gasteiger partial charge < -0.3 is 0 Å². The van der Waals surface area contributed by atoms with Crippen molar-refractivity contribution in [3.05, 3.63) is 34.9 Å². The fraction of sp³-hybridized carbons (Fsp3) is 0.125. The molecule has 1 N–H and O–H groups in total. The molecule has 0 heterocycles. The zero-order valence-electron chi connectivity index (χ0n) is 7.22. The highest BCUT2D eigenvalue weighted by atomic mass is 35.5. The summed E-state index contributed by atoms with van der Waals surface area (Å²) in [6.07, 6.45) is 0. The molecule has 1 aromatic carbocycles. The topological polar surface area (TPSA) is 71.4 Å². The van der Waals surface area contributed by atoms with Gasteiger partial charge in [0.25, 0.3) is 10.1 Å². The summed E-state index contributed by atoms with van der Waals surface area (Å²) in [7, 11) is -4.57. The minimum absolute atomic E-state index is 0.0324. The fourth-order valence-corrected chi connectivity index (χ4v) is 2.48. The number of carbonyl (C=O) groups is 1. The molecule has 15 heavy (non-hydrogen) atoms. The Kier molecular flexibility index (Phi) is 3.72. The van der Waals surface area contributed by atoms with Gasteiger partial charge in [-0.3, -0.25) is 9.35 Å². The fourth-order valence-electron chi connectivity index (χ4n) is 1.09. The molecule has 0 aromatic heterocycles. The zero-order valence-corrected chi connectivity index (χ0v) is 9.55. The molecule has 0 aliphatic heterocycles. The van der Waals surface area contributed by atoms with Gasteiger partial charge in [-0.1, -0.05) is 23.7 Å². The Morgan fingerprint density at radius 1 is 1.40 bits per heavy atom. The minimum atomic E-state index is -4.57. The van der Waals surface area contributed by atoms with Crippen molar-refractivity contribution < 1.29 is 17.8 Å². The normalized spacial score (nSPS) is 13.5. The van der Waals surface area contributed by atoms with Gasteiger partial charge in [-0.2, -0.15) is 8.42 Å². The maximum Gasteiger partial charge on any atom is 0.280 e. The Morgan fingerprint density at radius 2 is 2.00 bits per heavy atom. The average molecular weight is 269 g/mol. The highest BCUT2D eigenvalue weighted by molar-refractivity contribution is 7.87. The standard InChI is InChI=1S/C8H6Cl2O4S/c9-6-3-1-2-5(4-6)7(8(10)11)15(12,13)14/h1-4,7H,(H,12,13,14). The van der Waals surface area contributed by atoms with Crippen LogP contribution in [0.3, 0.4) is 0 Å². The molecule has 1 aromatic rings. The van der Waals surface area contributed by atoms with E-state index in [-0.39, 0.29) is 10.6 Å². The summed E-state index contributed by atoms with van der Waals surface area (Å²) in [6.45, 7) is 0. The van der Waals surface area contributed by atoms with E-state index in [0.29, 0.717) is 0 Å². The van der Waals surface area contributed by atoms with E-state index in [2.05, 4.69) is 0 Å². The van der Waals surface area contributed by atoms with E-state index in [4.69, 9.17) is 27.8 Å². The molecule has 4 nitrogen and oxygen atoms in total. The highest BCUT2D eigenvalue weighted by Crippen LogP contribution is 2.26. The predicted molar refractivity (Wildman–Crippen MR) is 56.6 cm³/mol. The van der Waals surface area contributed by atoms with Crippen molar-refractivity contribution >= 4 is 38.6 Å². The minimum Gasteiger partial charge on any atom is -0.285 e. The summed E-state index contributed by atoms with van der Waals surface area (Å²) in [6, 6.07) is 5.55. The molecule has 0 amide bonds. The number of benzene rings is 1. The SMILES string of the molecule is O=C(Cl)C(c1cccc(Cl)c1)S(=O)(=O)O. The van der Waals surface area contributed by atoms with Crippen LogP contribution in [0.15, 0.2) is 24.3 Å². The predicted octanol–water partition coefficient (Wildman–Crippen LogP) is 2.03. The maximum absolute atomic E-state index is 10.9. The van der Waals surface area contributed by atoms with Crippen molar-refractivity contribution in [3.63, 3.8) is 0 Å². The van der Waals surface area contributed by atoms with Crippen molar-refractivity contribution in [2.24, 2.45) is 0 Å². The van der Waals surface area contributed by atoms with E-state index >= 15 is 0 Å². The van der Waals surface area contributed by atoms with E-state index in [1.165, 1.54) is 24.3 Å². The number of halogens is 2. The summed E-state index contributed by atoms with van der Waals surface area (Å²) >= 11 is 10.7. The number of carbonyl (C=O) groups excluding carboxylic acids is 1. The summed E-state index contributed by atoms with van der Waals surface area (Å²) in [5.41, 5.74) is 0.0324. The molecule has 1 atom stereocenters. The van der Waals surface area contributed by atoms with E-state index in [1.807, 2.05) is 0 Å². The Labute approximate surface area is 96.6 Å². The lowest BCUT2D eigenvalue weighted by Gasteiger charge is -2.09. The average Bonchev–Trinajstić information content (AvgIpc) is 1.99. The van der Waals surface area contributed by atoms with Crippen LogP contribution in [0, 0.1) is 0 Å². The Hall–Kier alpha value is -0.620. The third-order valence-electron chi connectivity index (χ3n) is 1.66. The molecule has 0 fully saturated rings. The first-order chi connectivity index (χ1) is 6.82. The second-order valence-corrected chi connectivity index (χ2v) is 5.06. The van der Waals surface area contributed by atoms with Gasteiger partial charge in [-0.25, -0.2) is 0 Å². The van der Waals surface area contributed by atoms with Crippen LogP contribution in [0.4, 0.5) is 0 Å². The molecular weight excluding hydrogens is 263 g/mol. The Morgan fingerprint density at radius 3 is 2.40 bits per heavy atom. The van der Waals surface area contributed by atoms with Crippen LogP contribution in [0.25, 0.3) is 0 Å². The van der Waals surface area contributed by atoms with Gasteiger partial charge in [-0.05, 0) is 29.3 Å². The molecule has 0 spiro atoms. The van der Waals surface area contributed by atoms with Crippen LogP contribution in [0.5, 0.6) is 0 Å². The monoisotopic (exact) mass is 268 g/mol. The van der Waals surface area contributed by atoms with Crippen LogP contribution in [-0.2, 0) is 14.9 Å². The Balaban J connectivity index is 3.29. The van der Waals surface area contributed by atoms with E-state index in [9.17, 15) is 13.2 Å². The number of hydrogen-bond acceptors (Lipinski definition) is 3. The zero-order chi connectivity index (χ0) is 11.6. The second kappa shape index (κ2) is 4.49. The van der Waals surface area contributed by atoms with Crippen LogP contribution >= 0.6 is 23.2 Å². The summed E-state index contributed by atoms with van der Waals surface area (Å²) in [4.78, 5) is 10.9. The van der Waals surface area contributed by atoms with Gasteiger partial charge in [0.2, 0.25) is 5.24 Å². The molecule has 1 unspecified atom stereocenters. The lowest BCUT2D eigenvalue weighted by Crippen LogP contribution is -2.17. The highest BCUT2D eigenvalue weighted by Gasteiger charge is 2.31. The van der Waals surface area contributed by atoms with E-state index < -0.39 is 20.6 Å². The third kappa shape index (κ3) is 3.17. The first kappa shape index (κ1) is 12.4. The van der Waals surface area contributed by atoms with Crippen molar-refractivity contribution in [1.29, 1.82) is 0 Å². The van der Waals surface area contributed by atoms with Crippen LogP contribution in [0.1, 0.15) is 10.8 Å². The Bertz CT molecular complexity index is 483. The van der Waals surface area contributed by atoms with Gasteiger partial charge in [0, 0.05) is 5.02 Å². The molecule has 0 saturated carbocycles. The largest absolute Gasteiger partial charge is 0.285 e. The summed E-state index contributed by atoms with van der Waals surface area (Å²) in [5.74, 6) is 0. The van der Waals surface area contributed by atoms with Gasteiger partial charge in [0.15, 0.2) is 5.25 Å². The lowest BCUT2D eigenvalue weighted by molar-refractivity contribution is -0.111. The molecule has 0 aliphatic carbocycles. The van der Waals surface area contributed by atoms with Crippen LogP contribution < -0.4 is 0 Å². The van der Waals surface area contributed by atoms with Crippen molar-refractivity contribution in [3.8, 4) is 0 Å². The first-order valence-corrected chi connectivity index (χ1v) is 5.99.